The Morgan fingerprint density at radius 1 is 1.31 bits per heavy atom. The van der Waals surface area contributed by atoms with Gasteiger partial charge in [-0.05, 0) is 19.1 Å². The zero-order chi connectivity index (χ0) is 17.9. The summed E-state index contributed by atoms with van der Waals surface area (Å²) in [6.07, 6.45) is 3.50. The first-order valence-corrected chi connectivity index (χ1v) is 9.48. The lowest BCUT2D eigenvalue weighted by Gasteiger charge is -2.11. The second-order valence-electron chi connectivity index (χ2n) is 5.98. The van der Waals surface area contributed by atoms with E-state index in [1.54, 1.807) is 17.1 Å². The lowest BCUT2D eigenvalue weighted by molar-refractivity contribution is 0.587. The van der Waals surface area contributed by atoms with E-state index in [2.05, 4.69) is 31.8 Å². The summed E-state index contributed by atoms with van der Waals surface area (Å²) in [6.45, 7) is 3.69. The van der Waals surface area contributed by atoms with Crippen molar-refractivity contribution in [2.75, 3.05) is 24.2 Å². The number of aryl methyl sites for hydroxylation is 2. The van der Waals surface area contributed by atoms with Gasteiger partial charge >= 0.3 is 0 Å². The molecule has 9 nitrogen and oxygen atoms in total. The van der Waals surface area contributed by atoms with Crippen LogP contribution < -0.4 is 21.7 Å². The largest absolute Gasteiger partial charge is 0.369 e. The van der Waals surface area contributed by atoms with E-state index >= 15 is 0 Å². The van der Waals surface area contributed by atoms with Crippen molar-refractivity contribution >= 4 is 28.6 Å². The number of pyridine rings is 1. The Morgan fingerprint density at radius 2 is 2.15 bits per heavy atom. The van der Waals surface area contributed by atoms with Gasteiger partial charge in [-0.2, -0.15) is 10.6 Å². The number of fused-ring (bicyclic) bond motifs is 1. The summed E-state index contributed by atoms with van der Waals surface area (Å²) >= 11 is 1.85. The quantitative estimate of drug-likeness (QED) is 0.469. The van der Waals surface area contributed by atoms with Gasteiger partial charge in [-0.1, -0.05) is 0 Å². The fraction of sp³-hybridized carbons (Fsp3) is 0.375. The molecule has 1 fully saturated rings. The predicted molar refractivity (Wildman–Crippen MR) is 103 cm³/mol. The van der Waals surface area contributed by atoms with Gasteiger partial charge in [-0.15, -0.1) is 11.8 Å². The minimum Gasteiger partial charge on any atom is -0.369 e. The summed E-state index contributed by atoms with van der Waals surface area (Å²) in [5.74, 6) is 2.45. The molecule has 4 rings (SSSR count). The Kier molecular flexibility index (Phi) is 4.98. The van der Waals surface area contributed by atoms with Gasteiger partial charge in [-0.3, -0.25) is 9.67 Å². The maximum atomic E-state index is 4.76. The number of anilines is 1. The summed E-state index contributed by atoms with van der Waals surface area (Å²) < 4.78 is 1.80. The van der Waals surface area contributed by atoms with Gasteiger partial charge in [0, 0.05) is 43.8 Å². The third-order valence-corrected chi connectivity index (χ3v) is 5.25. The minimum atomic E-state index is 0.370. The van der Waals surface area contributed by atoms with E-state index in [9.17, 15) is 0 Å². The van der Waals surface area contributed by atoms with Gasteiger partial charge in [-0.25, -0.2) is 20.8 Å². The number of aromatic nitrogens is 5. The number of rotatable bonds is 6. The molecule has 1 aliphatic rings. The van der Waals surface area contributed by atoms with E-state index in [-0.39, 0.29) is 0 Å². The van der Waals surface area contributed by atoms with Crippen LogP contribution >= 0.6 is 11.8 Å². The average molecular weight is 371 g/mol. The smallest absolute Gasteiger partial charge is 0.164 e. The first-order chi connectivity index (χ1) is 12.7. The van der Waals surface area contributed by atoms with E-state index in [0.717, 1.165) is 47.0 Å². The Hall–Kier alpha value is -2.27. The molecule has 0 bridgehead atoms. The monoisotopic (exact) mass is 371 g/mol. The van der Waals surface area contributed by atoms with Crippen molar-refractivity contribution in [1.82, 2.24) is 41.1 Å². The molecule has 4 N–H and O–H groups in total. The van der Waals surface area contributed by atoms with E-state index in [0.29, 0.717) is 11.2 Å². The van der Waals surface area contributed by atoms with Gasteiger partial charge < -0.3 is 5.32 Å². The molecule has 0 radical (unpaired) electrons. The Morgan fingerprint density at radius 3 is 2.92 bits per heavy atom. The molecule has 1 aliphatic heterocycles. The van der Waals surface area contributed by atoms with Crippen molar-refractivity contribution in [1.29, 1.82) is 0 Å². The van der Waals surface area contributed by atoms with Crippen molar-refractivity contribution in [3.63, 3.8) is 0 Å². The van der Waals surface area contributed by atoms with E-state index in [1.807, 2.05) is 37.9 Å². The van der Waals surface area contributed by atoms with Crippen LogP contribution in [-0.2, 0) is 7.05 Å². The summed E-state index contributed by atoms with van der Waals surface area (Å²) in [5, 5.41) is 9.31. The standard InChI is InChI=1S/C16H21N9S/c1-10-13-15(18-7-8-26-12-9-19-24-22-12)20-14(11-3-5-17-6-4-11)21-16(13)25(2)23-10/h3-6,12,19,22,24H,7-9H2,1-2H3,(H,18,20,21). The molecule has 26 heavy (non-hydrogen) atoms. The molecule has 136 valence electrons. The molecule has 10 heteroatoms. The molecule has 0 amide bonds. The lowest BCUT2D eigenvalue weighted by Crippen LogP contribution is -2.32. The molecular formula is C16H21N9S. The number of nitrogens with zero attached hydrogens (tertiary/aromatic N) is 5. The molecule has 1 unspecified atom stereocenters. The number of nitrogens with one attached hydrogen (secondary N) is 4. The number of hydrogen-bond donors (Lipinski definition) is 4. The third kappa shape index (κ3) is 3.49. The van der Waals surface area contributed by atoms with Crippen LogP contribution in [0.25, 0.3) is 22.4 Å². The minimum absolute atomic E-state index is 0.370. The fourth-order valence-corrected chi connectivity index (χ4v) is 3.74. The van der Waals surface area contributed by atoms with E-state index in [1.165, 1.54) is 0 Å². The van der Waals surface area contributed by atoms with Crippen LogP contribution in [0.1, 0.15) is 5.69 Å². The summed E-state index contributed by atoms with van der Waals surface area (Å²) in [5.41, 5.74) is 11.8. The second kappa shape index (κ2) is 7.54. The third-order valence-electron chi connectivity index (χ3n) is 4.12. The molecule has 1 saturated heterocycles. The van der Waals surface area contributed by atoms with Crippen molar-refractivity contribution in [2.24, 2.45) is 7.05 Å². The van der Waals surface area contributed by atoms with Crippen LogP contribution in [0.3, 0.4) is 0 Å². The molecule has 0 aliphatic carbocycles. The molecule has 3 aromatic heterocycles. The molecule has 0 aromatic carbocycles. The molecule has 1 atom stereocenters. The highest BCUT2D eigenvalue weighted by Crippen LogP contribution is 2.27. The first kappa shape index (κ1) is 17.2. The first-order valence-electron chi connectivity index (χ1n) is 8.43. The maximum Gasteiger partial charge on any atom is 0.164 e. The van der Waals surface area contributed by atoms with Gasteiger partial charge in [0.1, 0.15) is 5.82 Å². The Labute approximate surface area is 155 Å². The van der Waals surface area contributed by atoms with Gasteiger partial charge in [0.15, 0.2) is 11.5 Å². The number of hydrogen-bond acceptors (Lipinski definition) is 9. The summed E-state index contributed by atoms with van der Waals surface area (Å²) in [7, 11) is 1.91. The SMILES string of the molecule is Cc1nn(C)c2nc(-c3ccncc3)nc(NCCSC3CNNN3)c12. The van der Waals surface area contributed by atoms with Gasteiger partial charge in [0.2, 0.25) is 0 Å². The highest BCUT2D eigenvalue weighted by molar-refractivity contribution is 7.99. The second-order valence-corrected chi connectivity index (χ2v) is 7.29. The van der Waals surface area contributed by atoms with E-state index < -0.39 is 0 Å². The van der Waals surface area contributed by atoms with Crippen molar-refractivity contribution in [2.45, 2.75) is 12.3 Å². The Bertz CT molecular complexity index is 890. The normalized spacial score (nSPS) is 17.1. The highest BCUT2D eigenvalue weighted by Gasteiger charge is 2.17. The van der Waals surface area contributed by atoms with Gasteiger partial charge in [0.25, 0.3) is 0 Å². The van der Waals surface area contributed by atoms with Crippen molar-refractivity contribution < 1.29 is 0 Å². The van der Waals surface area contributed by atoms with Gasteiger partial charge in [0.05, 0.1) is 16.5 Å². The number of hydrazine groups is 2. The predicted octanol–water partition coefficient (Wildman–Crippen LogP) is 0.817. The Balaban J connectivity index is 1.59. The van der Waals surface area contributed by atoms with Crippen molar-refractivity contribution in [3.8, 4) is 11.4 Å². The topological polar surface area (TPSA) is 105 Å². The van der Waals surface area contributed by atoms with Crippen LogP contribution in [0.5, 0.6) is 0 Å². The molecular weight excluding hydrogens is 350 g/mol. The maximum absolute atomic E-state index is 4.76. The fourth-order valence-electron chi connectivity index (χ4n) is 2.89. The summed E-state index contributed by atoms with van der Waals surface area (Å²) in [6, 6.07) is 3.82. The van der Waals surface area contributed by atoms with Crippen LogP contribution in [0.2, 0.25) is 0 Å². The molecule has 0 saturated carbocycles. The van der Waals surface area contributed by atoms with Crippen LogP contribution in [0.15, 0.2) is 24.5 Å². The number of thioether (sulfide) groups is 1. The van der Waals surface area contributed by atoms with E-state index in [4.69, 9.17) is 9.97 Å². The molecule has 4 heterocycles. The van der Waals surface area contributed by atoms with Crippen molar-refractivity contribution in [3.05, 3.63) is 30.2 Å². The lowest BCUT2D eigenvalue weighted by atomic mass is 10.2. The molecule has 3 aromatic rings. The highest BCUT2D eigenvalue weighted by atomic mass is 32.2. The summed E-state index contributed by atoms with van der Waals surface area (Å²) in [4.78, 5) is 13.5. The zero-order valence-corrected chi connectivity index (χ0v) is 15.5. The van der Waals surface area contributed by atoms with Crippen LogP contribution in [0.4, 0.5) is 5.82 Å². The van der Waals surface area contributed by atoms with Crippen LogP contribution in [0, 0.1) is 6.92 Å². The van der Waals surface area contributed by atoms with Crippen LogP contribution in [-0.4, -0.2) is 48.9 Å². The molecule has 0 spiro atoms. The average Bonchev–Trinajstić information content (AvgIpc) is 3.28. The zero-order valence-electron chi connectivity index (χ0n) is 14.7.